The first kappa shape index (κ1) is 13.5. The van der Waals surface area contributed by atoms with Crippen LogP contribution >= 0.6 is 0 Å². The molecular weight excluding hydrogens is 266 g/mol. The molecule has 1 atom stereocenters. The van der Waals surface area contributed by atoms with E-state index in [-0.39, 0.29) is 11.8 Å². The van der Waals surface area contributed by atoms with Gasteiger partial charge in [0.2, 0.25) is 5.91 Å². The highest BCUT2D eigenvalue weighted by Crippen LogP contribution is 2.13. The van der Waals surface area contributed by atoms with Gasteiger partial charge in [-0.05, 0) is 31.4 Å². The van der Waals surface area contributed by atoms with Crippen LogP contribution < -0.4 is 10.6 Å². The molecule has 0 bridgehead atoms. The maximum absolute atomic E-state index is 12.3. The SMILES string of the molecule is O=C(NC1CCCCNC1=O)c1cnc2ccccc2c1. The molecule has 1 aromatic heterocycles. The molecule has 1 aromatic carbocycles. The molecule has 2 heterocycles. The Morgan fingerprint density at radius 1 is 1.29 bits per heavy atom. The quantitative estimate of drug-likeness (QED) is 0.880. The lowest BCUT2D eigenvalue weighted by Gasteiger charge is -2.15. The summed E-state index contributed by atoms with van der Waals surface area (Å²) in [6.07, 6.45) is 4.11. The number of nitrogens with one attached hydrogen (secondary N) is 2. The van der Waals surface area contributed by atoms with Crippen molar-refractivity contribution in [2.75, 3.05) is 6.54 Å². The number of rotatable bonds is 2. The summed E-state index contributed by atoms with van der Waals surface area (Å²) in [4.78, 5) is 28.4. The van der Waals surface area contributed by atoms with Crippen LogP contribution in [0.2, 0.25) is 0 Å². The molecule has 1 unspecified atom stereocenters. The van der Waals surface area contributed by atoms with Gasteiger partial charge in [-0.2, -0.15) is 0 Å². The van der Waals surface area contributed by atoms with Crippen LogP contribution in [0.1, 0.15) is 29.6 Å². The number of aromatic nitrogens is 1. The Morgan fingerprint density at radius 2 is 2.14 bits per heavy atom. The van der Waals surface area contributed by atoms with Crippen molar-refractivity contribution >= 4 is 22.7 Å². The largest absolute Gasteiger partial charge is 0.354 e. The Kier molecular flexibility index (Phi) is 3.81. The van der Waals surface area contributed by atoms with E-state index in [1.165, 1.54) is 0 Å². The average Bonchev–Trinajstić information content (AvgIpc) is 2.72. The molecule has 5 nitrogen and oxygen atoms in total. The number of carbonyl (C=O) groups excluding carboxylic acids is 2. The Morgan fingerprint density at radius 3 is 3.05 bits per heavy atom. The smallest absolute Gasteiger partial charge is 0.253 e. The molecule has 0 saturated carbocycles. The van der Waals surface area contributed by atoms with Crippen molar-refractivity contribution in [2.45, 2.75) is 25.3 Å². The van der Waals surface area contributed by atoms with E-state index in [2.05, 4.69) is 15.6 Å². The van der Waals surface area contributed by atoms with E-state index < -0.39 is 6.04 Å². The summed E-state index contributed by atoms with van der Waals surface area (Å²) in [6.45, 7) is 0.683. The van der Waals surface area contributed by atoms with Crippen LogP contribution in [-0.2, 0) is 4.79 Å². The lowest BCUT2D eigenvalue weighted by atomic mass is 10.1. The van der Waals surface area contributed by atoms with Crippen molar-refractivity contribution in [1.82, 2.24) is 15.6 Å². The highest BCUT2D eigenvalue weighted by molar-refractivity contribution is 5.99. The molecule has 0 spiro atoms. The van der Waals surface area contributed by atoms with Gasteiger partial charge >= 0.3 is 0 Å². The highest BCUT2D eigenvalue weighted by atomic mass is 16.2. The van der Waals surface area contributed by atoms with E-state index in [9.17, 15) is 9.59 Å². The highest BCUT2D eigenvalue weighted by Gasteiger charge is 2.22. The molecule has 1 saturated heterocycles. The number of hydrogen-bond donors (Lipinski definition) is 2. The van der Waals surface area contributed by atoms with Crippen LogP contribution in [0, 0.1) is 0 Å². The van der Waals surface area contributed by atoms with Crippen molar-refractivity contribution < 1.29 is 9.59 Å². The number of nitrogens with zero attached hydrogens (tertiary/aromatic N) is 1. The molecule has 1 aliphatic heterocycles. The van der Waals surface area contributed by atoms with Gasteiger partial charge in [0.05, 0.1) is 11.1 Å². The van der Waals surface area contributed by atoms with Crippen LogP contribution in [0.5, 0.6) is 0 Å². The summed E-state index contributed by atoms with van der Waals surface area (Å²) in [5.74, 6) is -0.357. The summed E-state index contributed by atoms with van der Waals surface area (Å²) >= 11 is 0. The average molecular weight is 283 g/mol. The van der Waals surface area contributed by atoms with Gasteiger partial charge in [-0.1, -0.05) is 18.2 Å². The third-order valence-electron chi connectivity index (χ3n) is 3.69. The zero-order chi connectivity index (χ0) is 14.7. The van der Waals surface area contributed by atoms with E-state index in [1.54, 1.807) is 12.3 Å². The molecule has 1 aliphatic rings. The number of benzene rings is 1. The van der Waals surface area contributed by atoms with Crippen LogP contribution in [0.4, 0.5) is 0 Å². The van der Waals surface area contributed by atoms with Gasteiger partial charge in [-0.3, -0.25) is 14.6 Å². The first-order valence-corrected chi connectivity index (χ1v) is 7.17. The molecule has 0 radical (unpaired) electrons. The summed E-state index contributed by atoms with van der Waals surface area (Å²) in [5.41, 5.74) is 1.33. The zero-order valence-electron chi connectivity index (χ0n) is 11.6. The predicted octanol–water partition coefficient (Wildman–Crippen LogP) is 1.63. The normalized spacial score (nSPS) is 18.9. The van der Waals surface area contributed by atoms with E-state index in [0.717, 1.165) is 23.7 Å². The summed E-state index contributed by atoms with van der Waals surface area (Å²) in [7, 11) is 0. The van der Waals surface area contributed by atoms with Gasteiger partial charge in [0, 0.05) is 18.1 Å². The van der Waals surface area contributed by atoms with Gasteiger partial charge in [0.1, 0.15) is 6.04 Å². The molecule has 3 rings (SSSR count). The minimum atomic E-state index is -0.452. The predicted molar refractivity (Wildman–Crippen MR) is 79.9 cm³/mol. The second-order valence-electron chi connectivity index (χ2n) is 5.23. The van der Waals surface area contributed by atoms with Gasteiger partial charge < -0.3 is 10.6 Å². The summed E-state index contributed by atoms with van der Waals surface area (Å²) in [5, 5.41) is 6.52. The van der Waals surface area contributed by atoms with Crippen molar-refractivity contribution in [3.05, 3.63) is 42.1 Å². The lowest BCUT2D eigenvalue weighted by Crippen LogP contribution is -2.45. The van der Waals surface area contributed by atoms with Gasteiger partial charge in [0.15, 0.2) is 0 Å². The fraction of sp³-hybridized carbons (Fsp3) is 0.312. The van der Waals surface area contributed by atoms with Gasteiger partial charge in [0.25, 0.3) is 5.91 Å². The Balaban J connectivity index is 1.78. The lowest BCUT2D eigenvalue weighted by molar-refractivity contribution is -0.122. The van der Waals surface area contributed by atoms with Crippen molar-refractivity contribution in [3.63, 3.8) is 0 Å². The minimum absolute atomic E-state index is 0.102. The Labute approximate surface area is 122 Å². The van der Waals surface area contributed by atoms with Crippen molar-refractivity contribution in [1.29, 1.82) is 0 Å². The van der Waals surface area contributed by atoms with E-state index in [1.807, 2.05) is 24.3 Å². The first-order valence-electron chi connectivity index (χ1n) is 7.17. The number of carbonyl (C=O) groups is 2. The standard InChI is InChI=1S/C16H17N3O2/c20-15(19-14-7-3-4-8-17-16(14)21)12-9-11-5-1-2-6-13(11)18-10-12/h1-2,5-6,9-10,14H,3-4,7-8H2,(H,17,21)(H,19,20). The number of hydrogen-bond acceptors (Lipinski definition) is 3. The second kappa shape index (κ2) is 5.91. The number of fused-ring (bicyclic) bond motifs is 1. The molecule has 21 heavy (non-hydrogen) atoms. The zero-order valence-corrected chi connectivity index (χ0v) is 11.6. The summed E-state index contributed by atoms with van der Waals surface area (Å²) < 4.78 is 0. The van der Waals surface area contributed by atoms with E-state index in [4.69, 9.17) is 0 Å². The molecule has 1 fully saturated rings. The van der Waals surface area contributed by atoms with Crippen LogP contribution in [-0.4, -0.2) is 29.4 Å². The van der Waals surface area contributed by atoms with Crippen molar-refractivity contribution in [2.24, 2.45) is 0 Å². The Bertz CT molecular complexity index is 684. The number of pyridine rings is 1. The first-order chi connectivity index (χ1) is 10.2. The fourth-order valence-corrected chi connectivity index (χ4v) is 2.51. The topological polar surface area (TPSA) is 71.1 Å². The second-order valence-corrected chi connectivity index (χ2v) is 5.23. The van der Waals surface area contributed by atoms with E-state index >= 15 is 0 Å². The molecule has 2 N–H and O–H groups in total. The molecule has 2 aromatic rings. The maximum atomic E-state index is 12.3. The minimum Gasteiger partial charge on any atom is -0.354 e. The monoisotopic (exact) mass is 283 g/mol. The maximum Gasteiger partial charge on any atom is 0.253 e. The number of amides is 2. The van der Waals surface area contributed by atoms with Gasteiger partial charge in [-0.15, -0.1) is 0 Å². The molecule has 0 aliphatic carbocycles. The van der Waals surface area contributed by atoms with E-state index in [0.29, 0.717) is 18.5 Å². The molecule has 5 heteroatoms. The Hall–Kier alpha value is -2.43. The fourth-order valence-electron chi connectivity index (χ4n) is 2.51. The summed E-state index contributed by atoms with van der Waals surface area (Å²) in [6, 6.07) is 8.97. The third-order valence-corrected chi connectivity index (χ3v) is 3.69. The van der Waals surface area contributed by atoms with Crippen molar-refractivity contribution in [3.8, 4) is 0 Å². The number of para-hydroxylation sites is 1. The molecule has 108 valence electrons. The third kappa shape index (κ3) is 3.02. The molecule has 2 amide bonds. The van der Waals surface area contributed by atoms with Gasteiger partial charge in [-0.25, -0.2) is 0 Å². The van der Waals surface area contributed by atoms with Crippen LogP contribution in [0.15, 0.2) is 36.5 Å². The van der Waals surface area contributed by atoms with Crippen LogP contribution in [0.3, 0.4) is 0 Å². The van der Waals surface area contributed by atoms with Crippen LogP contribution in [0.25, 0.3) is 10.9 Å². The molecular formula is C16H17N3O2.